The predicted octanol–water partition coefficient (Wildman–Crippen LogP) is 0.507. The van der Waals surface area contributed by atoms with Crippen LogP contribution in [0.2, 0.25) is 0 Å². The first-order chi connectivity index (χ1) is 14.5. The Morgan fingerprint density at radius 3 is 2.37 bits per heavy atom. The maximum absolute atomic E-state index is 13.9. The van der Waals surface area contributed by atoms with Crippen molar-refractivity contribution in [2.45, 2.75) is 12.5 Å². The Morgan fingerprint density at radius 1 is 1.07 bits per heavy atom. The van der Waals surface area contributed by atoms with Gasteiger partial charge in [0.15, 0.2) is 6.04 Å². The SMILES string of the molecule is COc1ccc(N2C(=O)CC([NH+]3CCN(C(=O)c4ccccc4F)CC3)C2=O)cc1. The number of quaternary nitrogens is 1. The van der Waals surface area contributed by atoms with E-state index in [4.69, 9.17) is 4.74 Å². The van der Waals surface area contributed by atoms with Gasteiger partial charge >= 0.3 is 0 Å². The van der Waals surface area contributed by atoms with Crippen molar-refractivity contribution in [3.05, 3.63) is 59.9 Å². The molecular weight excluding hydrogens is 389 g/mol. The molecule has 2 aliphatic heterocycles. The third-order valence-corrected chi connectivity index (χ3v) is 5.77. The number of piperazine rings is 1. The van der Waals surface area contributed by atoms with Crippen molar-refractivity contribution in [3.63, 3.8) is 0 Å². The number of ether oxygens (including phenoxy) is 1. The highest BCUT2D eigenvalue weighted by molar-refractivity contribution is 6.21. The van der Waals surface area contributed by atoms with Crippen LogP contribution in [0.3, 0.4) is 0 Å². The maximum Gasteiger partial charge on any atom is 0.292 e. The molecule has 2 heterocycles. The highest BCUT2D eigenvalue weighted by Gasteiger charge is 2.46. The first-order valence-electron chi connectivity index (χ1n) is 9.89. The van der Waals surface area contributed by atoms with Crippen LogP contribution >= 0.6 is 0 Å². The number of hydrogen-bond acceptors (Lipinski definition) is 4. The molecule has 30 heavy (non-hydrogen) atoms. The molecule has 7 nitrogen and oxygen atoms in total. The minimum Gasteiger partial charge on any atom is -0.497 e. The molecule has 1 N–H and O–H groups in total. The molecule has 156 valence electrons. The number of halogens is 1. The van der Waals surface area contributed by atoms with Gasteiger partial charge in [-0.3, -0.25) is 14.4 Å². The van der Waals surface area contributed by atoms with Gasteiger partial charge in [-0.2, -0.15) is 0 Å². The van der Waals surface area contributed by atoms with Crippen molar-refractivity contribution in [1.82, 2.24) is 4.90 Å². The van der Waals surface area contributed by atoms with Crippen molar-refractivity contribution in [1.29, 1.82) is 0 Å². The van der Waals surface area contributed by atoms with Crippen molar-refractivity contribution in [2.24, 2.45) is 0 Å². The summed E-state index contributed by atoms with van der Waals surface area (Å²) < 4.78 is 19.0. The number of benzene rings is 2. The molecule has 2 saturated heterocycles. The molecule has 0 radical (unpaired) electrons. The zero-order valence-corrected chi connectivity index (χ0v) is 16.6. The topological polar surface area (TPSA) is 71.4 Å². The van der Waals surface area contributed by atoms with E-state index in [9.17, 15) is 18.8 Å². The lowest BCUT2D eigenvalue weighted by atomic mass is 10.1. The minimum atomic E-state index is -0.538. The molecule has 1 unspecified atom stereocenters. The standard InChI is InChI=1S/C22H22FN3O4/c1-30-16-8-6-15(7-9-16)26-20(27)14-19(22(26)29)24-10-12-25(13-11-24)21(28)17-4-2-3-5-18(17)23/h2-9,19H,10-14H2,1H3/p+1. The number of methoxy groups -OCH3 is 1. The third kappa shape index (κ3) is 3.66. The first-order valence-corrected chi connectivity index (χ1v) is 9.89. The van der Waals surface area contributed by atoms with Crippen LogP contribution < -0.4 is 14.5 Å². The summed E-state index contributed by atoms with van der Waals surface area (Å²) in [7, 11) is 1.55. The Hall–Kier alpha value is -3.26. The summed E-state index contributed by atoms with van der Waals surface area (Å²) in [5.74, 6) is -0.693. The maximum atomic E-state index is 13.9. The number of nitrogens with zero attached hydrogens (tertiary/aromatic N) is 2. The lowest BCUT2D eigenvalue weighted by Crippen LogP contribution is -3.19. The summed E-state index contributed by atoms with van der Waals surface area (Å²) in [6.07, 6.45) is 0.140. The van der Waals surface area contributed by atoms with Crippen LogP contribution in [0.1, 0.15) is 16.8 Å². The van der Waals surface area contributed by atoms with Crippen LogP contribution in [0, 0.1) is 5.82 Å². The lowest BCUT2D eigenvalue weighted by molar-refractivity contribution is -0.918. The molecule has 2 aromatic rings. The summed E-state index contributed by atoms with van der Waals surface area (Å²) in [6.45, 7) is 1.87. The van der Waals surface area contributed by atoms with Gasteiger partial charge in [0.1, 0.15) is 11.6 Å². The third-order valence-electron chi connectivity index (χ3n) is 5.77. The minimum absolute atomic E-state index is 0.0544. The fourth-order valence-corrected chi connectivity index (χ4v) is 4.10. The Kier molecular flexibility index (Phi) is 5.50. The van der Waals surface area contributed by atoms with Gasteiger partial charge in [0.2, 0.25) is 5.91 Å². The van der Waals surface area contributed by atoms with E-state index in [1.54, 1.807) is 48.4 Å². The summed E-state index contributed by atoms with van der Waals surface area (Å²) in [4.78, 5) is 41.9. The second-order valence-electron chi connectivity index (χ2n) is 7.45. The normalized spacial score (nSPS) is 20.0. The molecule has 8 heteroatoms. The zero-order valence-electron chi connectivity index (χ0n) is 16.6. The van der Waals surface area contributed by atoms with Crippen molar-refractivity contribution >= 4 is 23.4 Å². The van der Waals surface area contributed by atoms with Crippen LogP contribution in [-0.2, 0) is 9.59 Å². The van der Waals surface area contributed by atoms with E-state index in [-0.39, 0.29) is 29.7 Å². The van der Waals surface area contributed by atoms with Gasteiger partial charge in [-0.05, 0) is 36.4 Å². The number of nitrogens with one attached hydrogen (secondary N) is 1. The molecule has 2 aliphatic rings. The van der Waals surface area contributed by atoms with Crippen molar-refractivity contribution in [2.75, 3.05) is 38.2 Å². The predicted molar refractivity (Wildman–Crippen MR) is 107 cm³/mol. The molecule has 2 fully saturated rings. The number of rotatable bonds is 4. The fourth-order valence-electron chi connectivity index (χ4n) is 4.10. The summed E-state index contributed by atoms with van der Waals surface area (Å²) in [6, 6.07) is 12.3. The Morgan fingerprint density at radius 2 is 1.73 bits per heavy atom. The number of anilines is 1. The zero-order chi connectivity index (χ0) is 21.3. The Labute approximate surface area is 173 Å². The largest absolute Gasteiger partial charge is 0.497 e. The van der Waals surface area contributed by atoms with Crippen LogP contribution in [0.5, 0.6) is 5.75 Å². The fraction of sp³-hybridized carbons (Fsp3) is 0.318. The molecule has 0 aromatic heterocycles. The van der Waals surface area contributed by atoms with Gasteiger partial charge in [0.05, 0.1) is 51.0 Å². The van der Waals surface area contributed by atoms with Crippen molar-refractivity contribution < 1.29 is 28.4 Å². The average molecular weight is 412 g/mol. The average Bonchev–Trinajstić information content (AvgIpc) is 3.07. The molecular formula is C22H23FN3O4+. The first kappa shape index (κ1) is 20.0. The molecule has 0 spiro atoms. The van der Waals surface area contributed by atoms with Gasteiger partial charge in [0, 0.05) is 0 Å². The molecule has 1 atom stereocenters. The van der Waals surface area contributed by atoms with E-state index in [0.29, 0.717) is 37.6 Å². The van der Waals surface area contributed by atoms with Crippen LogP contribution in [0.15, 0.2) is 48.5 Å². The van der Waals surface area contributed by atoms with E-state index in [1.165, 1.54) is 17.0 Å². The molecule has 0 saturated carbocycles. The monoisotopic (exact) mass is 412 g/mol. The van der Waals surface area contributed by atoms with E-state index in [1.807, 2.05) is 0 Å². The summed E-state index contributed by atoms with van der Waals surface area (Å²) in [5.41, 5.74) is 0.583. The van der Waals surface area contributed by atoms with Crippen LogP contribution in [0.4, 0.5) is 10.1 Å². The number of carbonyl (C=O) groups excluding carboxylic acids is 3. The summed E-state index contributed by atoms with van der Waals surface area (Å²) in [5, 5.41) is 0. The second kappa shape index (κ2) is 8.23. The molecule has 4 rings (SSSR count). The Bertz CT molecular complexity index is 971. The number of hydrogen-bond donors (Lipinski definition) is 1. The number of imide groups is 1. The van der Waals surface area contributed by atoms with Gasteiger partial charge in [0.25, 0.3) is 11.8 Å². The smallest absolute Gasteiger partial charge is 0.292 e. The van der Waals surface area contributed by atoms with E-state index >= 15 is 0 Å². The van der Waals surface area contributed by atoms with E-state index in [0.717, 1.165) is 4.90 Å². The molecule has 0 bridgehead atoms. The summed E-state index contributed by atoms with van der Waals surface area (Å²) >= 11 is 0. The lowest BCUT2D eigenvalue weighted by Gasteiger charge is -2.34. The van der Waals surface area contributed by atoms with E-state index in [2.05, 4.69) is 0 Å². The highest BCUT2D eigenvalue weighted by Crippen LogP contribution is 2.24. The van der Waals surface area contributed by atoms with Gasteiger partial charge in [-0.1, -0.05) is 12.1 Å². The number of amides is 3. The second-order valence-corrected chi connectivity index (χ2v) is 7.45. The Balaban J connectivity index is 1.41. The highest BCUT2D eigenvalue weighted by atomic mass is 19.1. The van der Waals surface area contributed by atoms with Gasteiger partial charge in [-0.15, -0.1) is 0 Å². The van der Waals surface area contributed by atoms with Crippen molar-refractivity contribution in [3.8, 4) is 5.75 Å². The van der Waals surface area contributed by atoms with Gasteiger partial charge < -0.3 is 14.5 Å². The molecule has 3 amide bonds. The van der Waals surface area contributed by atoms with Crippen LogP contribution in [-0.4, -0.2) is 62.0 Å². The molecule has 2 aromatic carbocycles. The van der Waals surface area contributed by atoms with E-state index < -0.39 is 11.9 Å². The van der Waals surface area contributed by atoms with Crippen LogP contribution in [0.25, 0.3) is 0 Å². The van der Waals surface area contributed by atoms with Gasteiger partial charge in [-0.25, -0.2) is 9.29 Å². The molecule has 0 aliphatic carbocycles. The quantitative estimate of drug-likeness (QED) is 0.743. The number of carbonyl (C=O) groups is 3.